The molecule has 3 aromatic heterocycles. The Bertz CT molecular complexity index is 1530. The molecule has 3 heterocycles. The van der Waals surface area contributed by atoms with Crippen molar-refractivity contribution in [2.75, 3.05) is 19.8 Å². The standard InChI is InChI=1S/C22H22N4O5S/c1-15-6-5-9-26-20(15)24-21-17(22(26)28)14-18(19(23)25(21)10-12-31-13-11-27)32(29,30)16-7-3-2-4-8-16/h2-9,14,23,27H,10-13H2,1H3. The van der Waals surface area contributed by atoms with Gasteiger partial charge in [-0.1, -0.05) is 24.3 Å². The van der Waals surface area contributed by atoms with Crippen molar-refractivity contribution in [3.05, 3.63) is 76.1 Å². The Morgan fingerprint density at radius 1 is 1.09 bits per heavy atom. The highest BCUT2D eigenvalue weighted by Gasteiger charge is 2.24. The Morgan fingerprint density at radius 2 is 1.84 bits per heavy atom. The number of sulfone groups is 1. The minimum atomic E-state index is -4.06. The Hall–Kier alpha value is -3.34. The summed E-state index contributed by atoms with van der Waals surface area (Å²) in [6.07, 6.45) is 1.58. The van der Waals surface area contributed by atoms with Crippen LogP contribution in [-0.2, 0) is 21.1 Å². The van der Waals surface area contributed by atoms with Crippen LogP contribution in [0.4, 0.5) is 0 Å². The molecule has 0 aliphatic rings. The zero-order valence-electron chi connectivity index (χ0n) is 17.4. The quantitative estimate of drug-likeness (QED) is 0.320. The molecule has 0 bridgehead atoms. The minimum absolute atomic E-state index is 0.0284. The van der Waals surface area contributed by atoms with Crippen molar-refractivity contribution >= 4 is 26.5 Å². The first-order valence-corrected chi connectivity index (χ1v) is 11.4. The van der Waals surface area contributed by atoms with Crippen molar-refractivity contribution in [3.8, 4) is 0 Å². The first-order valence-electron chi connectivity index (χ1n) is 9.95. The molecule has 2 N–H and O–H groups in total. The first kappa shape index (κ1) is 21.9. The van der Waals surface area contributed by atoms with Crippen molar-refractivity contribution < 1.29 is 18.3 Å². The highest BCUT2D eigenvalue weighted by molar-refractivity contribution is 7.91. The Kier molecular flexibility index (Phi) is 5.92. The van der Waals surface area contributed by atoms with Gasteiger partial charge in [0.25, 0.3) is 5.56 Å². The van der Waals surface area contributed by atoms with E-state index in [1.54, 1.807) is 30.5 Å². The smallest absolute Gasteiger partial charge is 0.267 e. The number of rotatable bonds is 7. The Morgan fingerprint density at radius 3 is 2.56 bits per heavy atom. The number of nitrogens with one attached hydrogen (secondary N) is 1. The molecule has 4 aromatic rings. The lowest BCUT2D eigenvalue weighted by Crippen LogP contribution is -2.31. The summed E-state index contributed by atoms with van der Waals surface area (Å²) in [5.74, 6) is 0. The number of benzene rings is 1. The number of hydrogen-bond donors (Lipinski definition) is 2. The van der Waals surface area contributed by atoms with E-state index in [-0.39, 0.29) is 52.7 Å². The van der Waals surface area contributed by atoms with Crippen LogP contribution in [0.25, 0.3) is 16.7 Å². The number of hydrogen-bond acceptors (Lipinski definition) is 7. The van der Waals surface area contributed by atoms with Crippen molar-refractivity contribution in [2.24, 2.45) is 0 Å². The van der Waals surface area contributed by atoms with Crippen LogP contribution in [0.3, 0.4) is 0 Å². The van der Waals surface area contributed by atoms with Gasteiger partial charge in [0.2, 0.25) is 9.84 Å². The van der Waals surface area contributed by atoms with Crippen LogP contribution in [-0.4, -0.2) is 47.3 Å². The van der Waals surface area contributed by atoms with Gasteiger partial charge < -0.3 is 14.4 Å². The summed E-state index contributed by atoms with van der Waals surface area (Å²) in [6.45, 7) is 1.95. The van der Waals surface area contributed by atoms with Crippen LogP contribution in [0.1, 0.15) is 5.56 Å². The predicted molar refractivity (Wildman–Crippen MR) is 117 cm³/mol. The molecule has 0 amide bonds. The largest absolute Gasteiger partial charge is 0.394 e. The minimum Gasteiger partial charge on any atom is -0.394 e. The molecule has 0 saturated heterocycles. The van der Waals surface area contributed by atoms with Gasteiger partial charge >= 0.3 is 0 Å². The fraction of sp³-hybridized carbons (Fsp3) is 0.227. The van der Waals surface area contributed by atoms with Crippen molar-refractivity contribution in [1.29, 1.82) is 5.41 Å². The molecule has 0 fully saturated rings. The summed E-state index contributed by atoms with van der Waals surface area (Å²) in [6, 6.07) is 12.6. The number of aliphatic hydroxyl groups is 1. The van der Waals surface area contributed by atoms with Crippen LogP contribution in [0.5, 0.6) is 0 Å². The fourth-order valence-electron chi connectivity index (χ4n) is 3.54. The second-order valence-electron chi connectivity index (χ2n) is 7.20. The van der Waals surface area contributed by atoms with Crippen LogP contribution >= 0.6 is 0 Å². The molecular formula is C22H22N4O5S. The van der Waals surface area contributed by atoms with E-state index in [2.05, 4.69) is 4.98 Å². The topological polar surface area (TPSA) is 127 Å². The van der Waals surface area contributed by atoms with E-state index in [1.807, 2.05) is 13.0 Å². The molecule has 0 aliphatic heterocycles. The highest BCUT2D eigenvalue weighted by Crippen LogP contribution is 2.21. The third-order valence-corrected chi connectivity index (χ3v) is 6.92. The molecule has 1 aromatic carbocycles. The van der Waals surface area contributed by atoms with Crippen LogP contribution < -0.4 is 11.0 Å². The molecule has 166 valence electrons. The molecule has 4 rings (SSSR count). The number of fused-ring (bicyclic) bond motifs is 2. The maximum absolute atomic E-state index is 13.3. The predicted octanol–water partition coefficient (Wildman–Crippen LogP) is 1.28. The van der Waals surface area contributed by atoms with Gasteiger partial charge in [0.15, 0.2) is 0 Å². The summed E-state index contributed by atoms with van der Waals surface area (Å²) in [7, 11) is -4.06. The van der Waals surface area contributed by atoms with E-state index in [1.165, 1.54) is 27.2 Å². The van der Waals surface area contributed by atoms with Crippen LogP contribution in [0.2, 0.25) is 0 Å². The number of aliphatic hydroxyl groups excluding tert-OH is 1. The van der Waals surface area contributed by atoms with Crippen molar-refractivity contribution in [1.82, 2.24) is 14.0 Å². The molecule has 0 unspecified atom stereocenters. The van der Waals surface area contributed by atoms with Gasteiger partial charge in [-0.25, -0.2) is 13.4 Å². The lowest BCUT2D eigenvalue weighted by atomic mass is 10.2. The zero-order chi connectivity index (χ0) is 22.9. The number of nitrogens with zero attached hydrogens (tertiary/aromatic N) is 3. The van der Waals surface area contributed by atoms with Crippen molar-refractivity contribution in [2.45, 2.75) is 23.3 Å². The van der Waals surface area contributed by atoms with Crippen LogP contribution in [0.15, 0.2) is 69.3 Å². The molecule has 32 heavy (non-hydrogen) atoms. The lowest BCUT2D eigenvalue weighted by Gasteiger charge is -2.15. The van der Waals surface area contributed by atoms with Gasteiger partial charge in [0, 0.05) is 12.7 Å². The molecule has 0 saturated carbocycles. The first-order chi connectivity index (χ1) is 15.4. The van der Waals surface area contributed by atoms with Gasteiger partial charge in [-0.2, -0.15) is 0 Å². The van der Waals surface area contributed by atoms with E-state index >= 15 is 0 Å². The van der Waals surface area contributed by atoms with Gasteiger partial charge in [0.05, 0.1) is 30.1 Å². The van der Waals surface area contributed by atoms with E-state index in [0.717, 1.165) is 5.56 Å². The molecule has 9 nitrogen and oxygen atoms in total. The van der Waals surface area contributed by atoms with Crippen LogP contribution in [0, 0.1) is 12.3 Å². The van der Waals surface area contributed by atoms with E-state index in [0.29, 0.717) is 5.65 Å². The molecule has 0 aliphatic carbocycles. The maximum atomic E-state index is 13.3. The van der Waals surface area contributed by atoms with Gasteiger partial charge in [-0.3, -0.25) is 14.6 Å². The summed E-state index contributed by atoms with van der Waals surface area (Å²) >= 11 is 0. The zero-order valence-corrected chi connectivity index (χ0v) is 18.2. The fourth-order valence-corrected chi connectivity index (χ4v) is 4.95. The molecule has 0 atom stereocenters. The number of aryl methyl sites for hydroxylation is 1. The average molecular weight is 455 g/mol. The molecule has 0 spiro atoms. The summed E-state index contributed by atoms with van der Waals surface area (Å²) in [5, 5.41) is 17.7. The SMILES string of the molecule is Cc1cccn2c(=O)c3cc(S(=O)(=O)c4ccccc4)c(=N)n(CCOCCO)c3nc12. The summed E-state index contributed by atoms with van der Waals surface area (Å²) in [5.41, 5.74) is 0.672. The lowest BCUT2D eigenvalue weighted by molar-refractivity contribution is 0.0867. The highest BCUT2D eigenvalue weighted by atomic mass is 32.2. The second kappa shape index (κ2) is 8.65. The second-order valence-corrected chi connectivity index (χ2v) is 9.12. The van der Waals surface area contributed by atoms with Gasteiger partial charge in [-0.15, -0.1) is 0 Å². The van der Waals surface area contributed by atoms with Gasteiger partial charge in [-0.05, 0) is 36.8 Å². The molecule has 0 radical (unpaired) electrons. The summed E-state index contributed by atoms with van der Waals surface area (Å²) in [4.78, 5) is 17.6. The Labute approximate surface area is 183 Å². The molecule has 10 heteroatoms. The number of ether oxygens (including phenoxy) is 1. The van der Waals surface area contributed by atoms with E-state index < -0.39 is 15.4 Å². The third kappa shape index (κ3) is 3.72. The summed E-state index contributed by atoms with van der Waals surface area (Å²) < 4.78 is 34.7. The number of pyridine rings is 2. The third-order valence-electron chi connectivity index (χ3n) is 5.14. The average Bonchev–Trinajstić information content (AvgIpc) is 2.79. The van der Waals surface area contributed by atoms with Crippen molar-refractivity contribution in [3.63, 3.8) is 0 Å². The monoisotopic (exact) mass is 454 g/mol. The van der Waals surface area contributed by atoms with E-state index in [9.17, 15) is 13.2 Å². The normalized spacial score (nSPS) is 11.9. The number of aromatic nitrogens is 3. The van der Waals surface area contributed by atoms with Gasteiger partial charge in [0.1, 0.15) is 21.7 Å². The molecular weight excluding hydrogens is 432 g/mol. The van der Waals surface area contributed by atoms with E-state index in [4.69, 9.17) is 15.3 Å². The maximum Gasteiger partial charge on any atom is 0.267 e. The Balaban J connectivity index is 2.05.